The van der Waals surface area contributed by atoms with Crippen LogP contribution >= 0.6 is 0 Å². The fraction of sp³-hybridized carbons (Fsp3) is 0.522. The third-order valence-electron chi connectivity index (χ3n) is 7.41. The van der Waals surface area contributed by atoms with E-state index >= 15 is 4.39 Å². The van der Waals surface area contributed by atoms with E-state index in [4.69, 9.17) is 0 Å². The van der Waals surface area contributed by atoms with E-state index in [1.807, 2.05) is 0 Å². The van der Waals surface area contributed by atoms with Crippen molar-refractivity contribution in [2.45, 2.75) is 56.9 Å². The molecule has 0 aliphatic heterocycles. The van der Waals surface area contributed by atoms with E-state index in [9.17, 15) is 14.3 Å². The maximum absolute atomic E-state index is 15.5. The van der Waals surface area contributed by atoms with E-state index in [1.165, 1.54) is 6.07 Å². The molecule has 3 heterocycles. The van der Waals surface area contributed by atoms with Crippen LogP contribution in [-0.4, -0.2) is 42.3 Å². The summed E-state index contributed by atoms with van der Waals surface area (Å²) in [6.07, 6.45) is 7.32. The Morgan fingerprint density at radius 2 is 2.00 bits per heavy atom. The molecule has 0 saturated heterocycles. The van der Waals surface area contributed by atoms with E-state index in [-0.39, 0.29) is 29.2 Å². The van der Waals surface area contributed by atoms with Crippen LogP contribution < -0.4 is 5.32 Å². The number of aliphatic carboxylic acids is 1. The molecule has 3 fully saturated rings. The molecule has 172 valence electrons. The summed E-state index contributed by atoms with van der Waals surface area (Å²) in [5, 5.41) is 20.4. The van der Waals surface area contributed by atoms with Gasteiger partial charge in [0.25, 0.3) is 0 Å². The Morgan fingerprint density at radius 1 is 1.15 bits per heavy atom. The first-order valence-electron chi connectivity index (χ1n) is 11.5. The van der Waals surface area contributed by atoms with Gasteiger partial charge in [-0.1, -0.05) is 12.8 Å². The minimum absolute atomic E-state index is 0.00249. The van der Waals surface area contributed by atoms with Gasteiger partial charge in [-0.05, 0) is 50.0 Å². The number of pyridine rings is 1. The minimum atomic E-state index is -0.860. The lowest BCUT2D eigenvalue weighted by Gasteiger charge is -2.44. The average Bonchev–Trinajstić information content (AvgIpc) is 3.56. The molecule has 2 bridgehead atoms. The Labute approximate surface area is 188 Å². The lowest BCUT2D eigenvalue weighted by Crippen LogP contribution is -2.47. The zero-order chi connectivity index (χ0) is 22.7. The summed E-state index contributed by atoms with van der Waals surface area (Å²) in [5.74, 6) is -1.78. The van der Waals surface area contributed by atoms with Crippen LogP contribution in [0.5, 0.6) is 0 Å². The molecular weight excluding hydrogens is 430 g/mol. The highest BCUT2D eigenvalue weighted by Gasteiger charge is 2.44. The molecule has 0 spiro atoms. The van der Waals surface area contributed by atoms with Crippen LogP contribution in [0.4, 0.5) is 14.6 Å². The zero-order valence-electron chi connectivity index (χ0n) is 17.9. The van der Waals surface area contributed by atoms with Gasteiger partial charge in [0.2, 0.25) is 0 Å². The van der Waals surface area contributed by atoms with Crippen LogP contribution in [0, 0.1) is 29.4 Å². The Kier molecular flexibility index (Phi) is 4.77. The van der Waals surface area contributed by atoms with Gasteiger partial charge < -0.3 is 10.4 Å². The lowest BCUT2D eigenvalue weighted by atomic mass is 9.65. The second-order valence-electron chi connectivity index (χ2n) is 9.63. The summed E-state index contributed by atoms with van der Waals surface area (Å²) in [6.45, 7) is 0. The van der Waals surface area contributed by atoms with Gasteiger partial charge in [0.1, 0.15) is 11.5 Å². The number of carbonyl (C=O) groups is 1. The third kappa shape index (κ3) is 3.61. The Hall–Kier alpha value is -3.17. The number of nitrogens with zero attached hydrogens (tertiary/aromatic N) is 4. The topological polar surface area (TPSA) is 117 Å². The average molecular weight is 454 g/mol. The normalized spacial score (nSPS) is 27.0. The highest BCUT2D eigenvalue weighted by atomic mass is 19.1. The van der Waals surface area contributed by atoms with Crippen molar-refractivity contribution in [3.8, 4) is 11.5 Å². The summed E-state index contributed by atoms with van der Waals surface area (Å²) in [5.41, 5.74) is 0.971. The quantitative estimate of drug-likeness (QED) is 0.527. The number of hydrogen-bond donors (Lipinski definition) is 3. The minimum Gasteiger partial charge on any atom is -0.481 e. The SMILES string of the molecule is O=C(O)[C@H]1CC2CCCC(C2)[C@@H]1Nc1nc(-c2n[nH]c3ncc(F)cc23)nc(C2CC2)c1F. The molecule has 0 amide bonds. The standard InChI is InChI=1S/C23H24F2N6O2/c24-13-8-14-19(30-31-20(14)26-9-13)22-28-18(11-4-5-11)16(25)21(29-22)27-17-12-3-1-2-10(6-12)7-15(17)23(32)33/h8-12,15,17H,1-7H2,(H,32,33)(H,26,30,31)(H,27,28,29)/t10?,12?,15-,17-/m0/s1. The highest BCUT2D eigenvalue weighted by molar-refractivity contribution is 5.88. The van der Waals surface area contributed by atoms with Gasteiger partial charge in [-0.2, -0.15) is 5.10 Å². The maximum Gasteiger partial charge on any atom is 0.308 e. The fourth-order valence-corrected chi connectivity index (χ4v) is 5.68. The van der Waals surface area contributed by atoms with Gasteiger partial charge in [0, 0.05) is 12.0 Å². The second kappa shape index (κ2) is 7.71. The van der Waals surface area contributed by atoms with Crippen LogP contribution in [-0.2, 0) is 4.79 Å². The molecule has 3 aliphatic carbocycles. The number of aromatic nitrogens is 5. The van der Waals surface area contributed by atoms with Crippen LogP contribution in [0.15, 0.2) is 12.3 Å². The van der Waals surface area contributed by atoms with E-state index in [2.05, 4.69) is 30.5 Å². The molecular formula is C23H24F2N6O2. The number of rotatable bonds is 5. The molecule has 4 atom stereocenters. The first-order chi connectivity index (χ1) is 16.0. The molecule has 3 aromatic rings. The summed E-state index contributed by atoms with van der Waals surface area (Å²) in [6, 6.07) is 0.889. The predicted octanol–water partition coefficient (Wildman–Crippen LogP) is 4.26. The fourth-order valence-electron chi connectivity index (χ4n) is 5.68. The molecule has 3 aliphatic rings. The van der Waals surface area contributed by atoms with Crippen molar-refractivity contribution < 1.29 is 18.7 Å². The molecule has 3 saturated carbocycles. The van der Waals surface area contributed by atoms with E-state index in [0.29, 0.717) is 29.1 Å². The Balaban J connectivity index is 1.43. The number of aromatic amines is 1. The molecule has 0 aromatic carbocycles. The number of carboxylic acids is 1. The zero-order valence-corrected chi connectivity index (χ0v) is 17.9. The van der Waals surface area contributed by atoms with Crippen molar-refractivity contribution in [1.82, 2.24) is 25.1 Å². The van der Waals surface area contributed by atoms with Crippen molar-refractivity contribution in [2.24, 2.45) is 17.8 Å². The van der Waals surface area contributed by atoms with Crippen LogP contribution in [0.3, 0.4) is 0 Å². The molecule has 3 N–H and O–H groups in total. The number of fused-ring (bicyclic) bond motifs is 3. The second-order valence-corrected chi connectivity index (χ2v) is 9.63. The molecule has 8 nitrogen and oxygen atoms in total. The van der Waals surface area contributed by atoms with E-state index < -0.39 is 29.6 Å². The van der Waals surface area contributed by atoms with Gasteiger partial charge >= 0.3 is 5.97 Å². The molecule has 33 heavy (non-hydrogen) atoms. The van der Waals surface area contributed by atoms with Crippen molar-refractivity contribution in [3.05, 3.63) is 29.6 Å². The van der Waals surface area contributed by atoms with Crippen molar-refractivity contribution in [2.75, 3.05) is 5.32 Å². The van der Waals surface area contributed by atoms with E-state index in [1.54, 1.807) is 0 Å². The monoisotopic (exact) mass is 454 g/mol. The summed E-state index contributed by atoms with van der Waals surface area (Å²) in [7, 11) is 0. The number of H-pyrrole nitrogens is 1. The molecule has 6 rings (SSSR count). The number of halogens is 2. The number of nitrogens with one attached hydrogen (secondary N) is 2. The van der Waals surface area contributed by atoms with Gasteiger partial charge in [-0.3, -0.25) is 9.89 Å². The van der Waals surface area contributed by atoms with Gasteiger partial charge in [-0.15, -0.1) is 0 Å². The third-order valence-corrected chi connectivity index (χ3v) is 7.41. The Bertz CT molecular complexity index is 1240. The lowest BCUT2D eigenvalue weighted by molar-refractivity contribution is -0.145. The summed E-state index contributed by atoms with van der Waals surface area (Å²) >= 11 is 0. The maximum atomic E-state index is 15.5. The summed E-state index contributed by atoms with van der Waals surface area (Å²) in [4.78, 5) is 24.9. The number of anilines is 1. The number of carboxylic acid groups (broad SMARTS) is 1. The first kappa shape index (κ1) is 20.4. The van der Waals surface area contributed by atoms with Crippen molar-refractivity contribution in [1.29, 1.82) is 0 Å². The largest absolute Gasteiger partial charge is 0.481 e. The molecule has 10 heteroatoms. The van der Waals surface area contributed by atoms with Gasteiger partial charge in [0.05, 0.1) is 23.2 Å². The smallest absolute Gasteiger partial charge is 0.308 e. The Morgan fingerprint density at radius 3 is 2.79 bits per heavy atom. The van der Waals surface area contributed by atoms with Crippen LogP contribution in [0.25, 0.3) is 22.6 Å². The molecule has 0 radical (unpaired) electrons. The van der Waals surface area contributed by atoms with Crippen molar-refractivity contribution in [3.63, 3.8) is 0 Å². The van der Waals surface area contributed by atoms with Gasteiger partial charge in [0.15, 0.2) is 23.1 Å². The van der Waals surface area contributed by atoms with Gasteiger partial charge in [-0.25, -0.2) is 23.7 Å². The molecule has 2 unspecified atom stereocenters. The van der Waals surface area contributed by atoms with Crippen molar-refractivity contribution >= 4 is 22.8 Å². The number of hydrogen-bond acceptors (Lipinski definition) is 6. The van der Waals surface area contributed by atoms with Crippen LogP contribution in [0.2, 0.25) is 0 Å². The first-order valence-corrected chi connectivity index (χ1v) is 11.5. The highest BCUT2D eigenvalue weighted by Crippen LogP contribution is 2.45. The summed E-state index contributed by atoms with van der Waals surface area (Å²) < 4.78 is 29.4. The van der Waals surface area contributed by atoms with E-state index in [0.717, 1.165) is 44.7 Å². The predicted molar refractivity (Wildman–Crippen MR) is 115 cm³/mol. The van der Waals surface area contributed by atoms with Crippen LogP contribution in [0.1, 0.15) is 56.6 Å². The molecule has 3 aromatic heterocycles.